The van der Waals surface area contributed by atoms with Crippen LogP contribution in [0.5, 0.6) is 5.75 Å². The molecule has 1 saturated heterocycles. The van der Waals surface area contributed by atoms with Gasteiger partial charge in [-0.05, 0) is 62.6 Å². The van der Waals surface area contributed by atoms with Crippen molar-refractivity contribution in [2.24, 2.45) is 5.92 Å². The molecule has 0 unspecified atom stereocenters. The van der Waals surface area contributed by atoms with Gasteiger partial charge in [-0.3, -0.25) is 14.4 Å². The highest BCUT2D eigenvalue weighted by Crippen LogP contribution is 2.20. The molecule has 3 rings (SSSR count). The number of hydrogen-bond donors (Lipinski definition) is 1. The van der Waals surface area contributed by atoms with E-state index in [1.54, 1.807) is 41.4 Å². The van der Waals surface area contributed by atoms with Gasteiger partial charge in [-0.15, -0.1) is 0 Å². The molecule has 0 saturated carbocycles. The number of benzene rings is 1. The molecule has 0 aliphatic carbocycles. The number of nitrogens with one attached hydrogen (secondary N) is 1. The van der Waals surface area contributed by atoms with Gasteiger partial charge in [-0.2, -0.15) is 0 Å². The largest absolute Gasteiger partial charge is 0.484 e. The highest BCUT2D eigenvalue weighted by Gasteiger charge is 2.27. The zero-order chi connectivity index (χ0) is 20.8. The Morgan fingerprint density at radius 3 is 2.38 bits per heavy atom. The van der Waals surface area contributed by atoms with Crippen LogP contribution in [-0.4, -0.2) is 47.2 Å². The minimum absolute atomic E-state index is 0.0160. The lowest BCUT2D eigenvalue weighted by molar-refractivity contribution is -0.136. The van der Waals surface area contributed by atoms with Gasteiger partial charge in [0.15, 0.2) is 12.4 Å². The maximum Gasteiger partial charge on any atom is 0.260 e. The van der Waals surface area contributed by atoms with Gasteiger partial charge in [0.1, 0.15) is 11.6 Å². The molecule has 1 N–H and O–H groups in total. The van der Waals surface area contributed by atoms with E-state index in [-0.39, 0.29) is 30.1 Å². The lowest BCUT2D eigenvalue weighted by Crippen LogP contribution is -2.43. The predicted molar refractivity (Wildman–Crippen MR) is 109 cm³/mol. The van der Waals surface area contributed by atoms with E-state index in [2.05, 4.69) is 10.3 Å². The topological polar surface area (TPSA) is 88.6 Å². The first-order valence-corrected chi connectivity index (χ1v) is 9.67. The van der Waals surface area contributed by atoms with Crippen molar-refractivity contribution in [2.75, 3.05) is 25.0 Å². The molecule has 0 radical (unpaired) electrons. The number of anilines is 1. The number of ether oxygens (including phenoxy) is 1. The van der Waals surface area contributed by atoms with E-state index in [1.165, 1.54) is 6.92 Å². The first-order valence-electron chi connectivity index (χ1n) is 9.67. The first-order chi connectivity index (χ1) is 13.9. The van der Waals surface area contributed by atoms with Crippen LogP contribution in [0.25, 0.3) is 0 Å². The zero-order valence-corrected chi connectivity index (χ0v) is 16.7. The quantitative estimate of drug-likeness (QED) is 0.760. The van der Waals surface area contributed by atoms with Crippen molar-refractivity contribution in [1.82, 2.24) is 9.88 Å². The minimum atomic E-state index is -0.137. The molecule has 7 heteroatoms. The van der Waals surface area contributed by atoms with Crippen molar-refractivity contribution in [3.05, 3.63) is 53.7 Å². The Morgan fingerprint density at radius 2 is 1.79 bits per heavy atom. The van der Waals surface area contributed by atoms with Gasteiger partial charge in [-0.1, -0.05) is 6.07 Å². The van der Waals surface area contributed by atoms with E-state index in [1.807, 2.05) is 13.0 Å². The third-order valence-corrected chi connectivity index (χ3v) is 5.00. The number of ketones is 1. The number of Topliss-reactive ketones (excluding diaryl/α,β-unsaturated/α-hetero) is 1. The van der Waals surface area contributed by atoms with Crippen molar-refractivity contribution in [2.45, 2.75) is 26.7 Å². The van der Waals surface area contributed by atoms with Crippen LogP contribution in [0.3, 0.4) is 0 Å². The number of aryl methyl sites for hydroxylation is 1. The Morgan fingerprint density at radius 1 is 1.10 bits per heavy atom. The van der Waals surface area contributed by atoms with Gasteiger partial charge in [0, 0.05) is 30.8 Å². The van der Waals surface area contributed by atoms with E-state index in [0.717, 1.165) is 5.56 Å². The van der Waals surface area contributed by atoms with Crippen LogP contribution in [0.2, 0.25) is 0 Å². The fourth-order valence-corrected chi connectivity index (χ4v) is 3.18. The highest BCUT2D eigenvalue weighted by atomic mass is 16.5. The lowest BCUT2D eigenvalue weighted by atomic mass is 9.96. The molecular formula is C22H25N3O4. The van der Waals surface area contributed by atoms with Gasteiger partial charge < -0.3 is 15.0 Å². The normalized spacial score (nSPS) is 14.3. The van der Waals surface area contributed by atoms with Crippen LogP contribution >= 0.6 is 0 Å². The van der Waals surface area contributed by atoms with Crippen LogP contribution in [-0.2, 0) is 9.59 Å². The summed E-state index contributed by atoms with van der Waals surface area (Å²) in [7, 11) is 0. The molecule has 0 spiro atoms. The standard InChI is InChI=1S/C22H25N3O4/c1-15-3-8-20(23-13-15)24-22(28)18-9-11-25(12-10-18)21(27)14-29-19-6-4-17(5-7-19)16(2)26/h3-8,13,18H,9-12,14H2,1-2H3,(H,23,24,28). The summed E-state index contributed by atoms with van der Waals surface area (Å²) < 4.78 is 5.53. The molecule has 1 aromatic carbocycles. The van der Waals surface area contributed by atoms with E-state index in [9.17, 15) is 14.4 Å². The van der Waals surface area contributed by atoms with Gasteiger partial charge in [0.25, 0.3) is 5.91 Å². The van der Waals surface area contributed by atoms with Gasteiger partial charge in [0.05, 0.1) is 0 Å². The average Bonchev–Trinajstić information content (AvgIpc) is 2.74. The number of carbonyl (C=O) groups excluding carboxylic acids is 3. The minimum Gasteiger partial charge on any atom is -0.484 e. The Labute approximate surface area is 170 Å². The van der Waals surface area contributed by atoms with Crippen molar-refractivity contribution in [1.29, 1.82) is 0 Å². The van der Waals surface area contributed by atoms with Gasteiger partial charge >= 0.3 is 0 Å². The maximum atomic E-state index is 12.4. The van der Waals surface area contributed by atoms with E-state index in [0.29, 0.717) is 43.1 Å². The van der Waals surface area contributed by atoms with Crippen LogP contribution in [0, 0.1) is 12.8 Å². The highest BCUT2D eigenvalue weighted by molar-refractivity contribution is 5.94. The Hall–Kier alpha value is -3.22. The summed E-state index contributed by atoms with van der Waals surface area (Å²) in [6.45, 7) is 4.41. The van der Waals surface area contributed by atoms with Gasteiger partial charge in [-0.25, -0.2) is 4.98 Å². The number of carbonyl (C=O) groups is 3. The van der Waals surface area contributed by atoms with Crippen molar-refractivity contribution < 1.29 is 19.1 Å². The number of piperidine rings is 1. The monoisotopic (exact) mass is 395 g/mol. The smallest absolute Gasteiger partial charge is 0.260 e. The molecule has 0 atom stereocenters. The second kappa shape index (κ2) is 9.32. The van der Waals surface area contributed by atoms with E-state index in [4.69, 9.17) is 4.74 Å². The molecule has 1 fully saturated rings. The molecule has 1 aliphatic rings. The molecule has 0 bridgehead atoms. The maximum absolute atomic E-state index is 12.4. The summed E-state index contributed by atoms with van der Waals surface area (Å²) in [6.07, 6.45) is 2.93. The van der Waals surface area contributed by atoms with Crippen LogP contribution in [0.4, 0.5) is 5.82 Å². The third-order valence-electron chi connectivity index (χ3n) is 5.00. The number of pyridine rings is 1. The summed E-state index contributed by atoms with van der Waals surface area (Å²) in [5.74, 6) is 0.765. The second-order valence-corrected chi connectivity index (χ2v) is 7.23. The number of rotatable bonds is 6. The van der Waals surface area contributed by atoms with Crippen molar-refractivity contribution >= 4 is 23.4 Å². The Kier molecular flexibility index (Phi) is 6.59. The number of amides is 2. The summed E-state index contributed by atoms with van der Waals surface area (Å²) in [4.78, 5) is 42.0. The van der Waals surface area contributed by atoms with Crippen molar-refractivity contribution in [3.63, 3.8) is 0 Å². The van der Waals surface area contributed by atoms with Crippen LogP contribution < -0.4 is 10.1 Å². The average molecular weight is 395 g/mol. The molecular weight excluding hydrogens is 370 g/mol. The predicted octanol–water partition coefficient (Wildman–Crippen LogP) is 2.85. The fraction of sp³-hybridized carbons (Fsp3) is 0.364. The molecule has 29 heavy (non-hydrogen) atoms. The second-order valence-electron chi connectivity index (χ2n) is 7.23. The zero-order valence-electron chi connectivity index (χ0n) is 16.7. The summed E-state index contributed by atoms with van der Waals surface area (Å²) in [5, 5.41) is 2.84. The number of nitrogens with zero attached hydrogens (tertiary/aromatic N) is 2. The van der Waals surface area contributed by atoms with E-state index < -0.39 is 0 Å². The van der Waals surface area contributed by atoms with E-state index >= 15 is 0 Å². The Bertz CT molecular complexity index is 870. The van der Waals surface area contributed by atoms with Crippen LogP contribution in [0.15, 0.2) is 42.6 Å². The molecule has 7 nitrogen and oxygen atoms in total. The molecule has 1 aliphatic heterocycles. The summed E-state index contributed by atoms with van der Waals surface area (Å²) >= 11 is 0. The first kappa shape index (κ1) is 20.5. The molecule has 2 heterocycles. The van der Waals surface area contributed by atoms with Crippen LogP contribution in [0.1, 0.15) is 35.7 Å². The number of hydrogen-bond acceptors (Lipinski definition) is 5. The molecule has 152 valence electrons. The summed E-state index contributed by atoms with van der Waals surface area (Å²) in [6, 6.07) is 10.4. The Balaban J connectivity index is 1.43. The molecule has 2 aromatic rings. The SMILES string of the molecule is CC(=O)c1ccc(OCC(=O)N2CCC(C(=O)Nc3ccc(C)cn3)CC2)cc1. The number of likely N-dealkylation sites (tertiary alicyclic amines) is 1. The molecule has 2 amide bonds. The van der Waals surface area contributed by atoms with Crippen molar-refractivity contribution in [3.8, 4) is 5.75 Å². The number of aromatic nitrogens is 1. The summed E-state index contributed by atoms with van der Waals surface area (Å²) in [5.41, 5.74) is 1.64. The third kappa shape index (κ3) is 5.63. The lowest BCUT2D eigenvalue weighted by Gasteiger charge is -2.31. The molecule has 1 aromatic heterocycles. The fourth-order valence-electron chi connectivity index (χ4n) is 3.18. The van der Waals surface area contributed by atoms with Gasteiger partial charge in [0.2, 0.25) is 5.91 Å².